The molecule has 0 aliphatic carbocycles. The van der Waals surface area contributed by atoms with Crippen molar-refractivity contribution in [2.24, 2.45) is 0 Å². The molecule has 0 saturated carbocycles. The number of hydrogen-bond donors (Lipinski definition) is 0. The van der Waals surface area contributed by atoms with Crippen LogP contribution in [0.5, 0.6) is 5.75 Å². The molecule has 0 aromatic heterocycles. The molecule has 9 nitrogen and oxygen atoms in total. The molecule has 0 atom stereocenters. The van der Waals surface area contributed by atoms with Crippen LogP contribution in [0.15, 0.2) is 18.2 Å². The summed E-state index contributed by atoms with van der Waals surface area (Å²) in [5.74, 6) is -0.603. The summed E-state index contributed by atoms with van der Waals surface area (Å²) in [6, 6.07) is 1.93. The molecule has 0 aliphatic rings. The lowest BCUT2D eigenvalue weighted by molar-refractivity contribution is -0.422. The number of ether oxygens (including phenoxy) is 2. The topological polar surface area (TPSA) is 122 Å². The van der Waals surface area contributed by atoms with Crippen molar-refractivity contribution >= 4 is 23.4 Å². The van der Waals surface area contributed by atoms with Gasteiger partial charge in [0, 0.05) is 17.7 Å². The molecule has 1 aromatic carbocycles. The molecule has 0 amide bonds. The molecule has 0 saturated heterocycles. The predicted octanol–water partition coefficient (Wildman–Crippen LogP) is 2.09. The molecule has 1 aromatic rings. The van der Waals surface area contributed by atoms with Gasteiger partial charge < -0.3 is 9.47 Å². The van der Waals surface area contributed by atoms with Crippen LogP contribution in [0.1, 0.15) is 12.5 Å². The Balaban J connectivity index is 3.43. The van der Waals surface area contributed by atoms with Crippen LogP contribution in [0.3, 0.4) is 0 Å². The molecule has 112 valence electrons. The second kappa shape index (κ2) is 6.98. The average Bonchev–Trinajstić information content (AvgIpc) is 2.44. The molecule has 9 heteroatoms. The van der Waals surface area contributed by atoms with Crippen LogP contribution in [-0.4, -0.2) is 29.5 Å². The quantitative estimate of drug-likeness (QED) is 0.341. The smallest absolute Gasteiger partial charge is 0.349 e. The van der Waals surface area contributed by atoms with Gasteiger partial charge in [-0.15, -0.1) is 0 Å². The SMILES string of the molecule is CCOc1cc([N+](=O)[O-])c([N+](=O)[O-])cc1/C=C/C(=O)OC. The third kappa shape index (κ3) is 4.00. The van der Waals surface area contributed by atoms with Gasteiger partial charge >= 0.3 is 17.3 Å². The summed E-state index contributed by atoms with van der Waals surface area (Å²) in [6.45, 7) is 1.86. The number of carbonyl (C=O) groups excluding carboxylic acids is 1. The van der Waals surface area contributed by atoms with E-state index in [1.165, 1.54) is 13.2 Å². The van der Waals surface area contributed by atoms with Crippen molar-refractivity contribution in [2.75, 3.05) is 13.7 Å². The van der Waals surface area contributed by atoms with Crippen LogP contribution >= 0.6 is 0 Å². The normalized spacial score (nSPS) is 10.4. The number of carbonyl (C=O) groups is 1. The van der Waals surface area contributed by atoms with Crippen molar-refractivity contribution in [3.8, 4) is 5.75 Å². The van der Waals surface area contributed by atoms with E-state index in [0.29, 0.717) is 0 Å². The van der Waals surface area contributed by atoms with E-state index in [2.05, 4.69) is 4.74 Å². The van der Waals surface area contributed by atoms with Gasteiger partial charge in [-0.3, -0.25) is 20.2 Å². The minimum absolute atomic E-state index is 0.0648. The van der Waals surface area contributed by atoms with Gasteiger partial charge in [0.1, 0.15) is 5.75 Å². The monoisotopic (exact) mass is 296 g/mol. The molecule has 0 fully saturated rings. The third-order valence-corrected chi connectivity index (χ3v) is 2.40. The number of methoxy groups -OCH3 is 1. The zero-order valence-corrected chi connectivity index (χ0v) is 11.3. The molecule has 0 N–H and O–H groups in total. The van der Waals surface area contributed by atoms with E-state index in [4.69, 9.17) is 4.74 Å². The lowest BCUT2D eigenvalue weighted by Gasteiger charge is -2.07. The van der Waals surface area contributed by atoms with E-state index in [1.807, 2.05) is 0 Å². The van der Waals surface area contributed by atoms with Crippen molar-refractivity contribution in [1.82, 2.24) is 0 Å². The summed E-state index contributed by atoms with van der Waals surface area (Å²) >= 11 is 0. The Hall–Kier alpha value is -2.97. The van der Waals surface area contributed by atoms with Gasteiger partial charge in [0.05, 0.1) is 29.6 Å². The van der Waals surface area contributed by atoms with Crippen molar-refractivity contribution in [2.45, 2.75) is 6.92 Å². The van der Waals surface area contributed by atoms with E-state index in [9.17, 15) is 25.0 Å². The predicted molar refractivity (Wildman–Crippen MR) is 72.0 cm³/mol. The zero-order valence-electron chi connectivity index (χ0n) is 11.3. The van der Waals surface area contributed by atoms with Gasteiger partial charge in [-0.05, 0) is 13.0 Å². The van der Waals surface area contributed by atoms with Gasteiger partial charge in [-0.2, -0.15) is 0 Å². The minimum atomic E-state index is -0.872. The Bertz CT molecular complexity index is 610. The van der Waals surface area contributed by atoms with Gasteiger partial charge in [-0.25, -0.2) is 4.79 Å². The first kappa shape index (κ1) is 16.1. The van der Waals surface area contributed by atoms with Crippen LogP contribution in [0.25, 0.3) is 6.08 Å². The molecule has 0 bridgehead atoms. The van der Waals surface area contributed by atoms with E-state index in [0.717, 1.165) is 18.2 Å². The number of nitro benzene ring substituents is 2. The highest BCUT2D eigenvalue weighted by Gasteiger charge is 2.26. The fourth-order valence-corrected chi connectivity index (χ4v) is 1.50. The molecular weight excluding hydrogens is 284 g/mol. The highest BCUT2D eigenvalue weighted by atomic mass is 16.6. The minimum Gasteiger partial charge on any atom is -0.493 e. The number of rotatable bonds is 6. The Morgan fingerprint density at radius 2 is 1.81 bits per heavy atom. The first-order valence-corrected chi connectivity index (χ1v) is 5.76. The maximum absolute atomic E-state index is 11.1. The maximum atomic E-state index is 11.1. The number of nitrogens with zero attached hydrogens (tertiary/aromatic N) is 2. The van der Waals surface area contributed by atoms with Gasteiger partial charge in [0.25, 0.3) is 0 Å². The molecule has 0 radical (unpaired) electrons. The van der Waals surface area contributed by atoms with E-state index in [-0.39, 0.29) is 17.9 Å². The summed E-state index contributed by atoms with van der Waals surface area (Å²) in [7, 11) is 1.18. The van der Waals surface area contributed by atoms with E-state index < -0.39 is 27.2 Å². The van der Waals surface area contributed by atoms with Crippen molar-refractivity contribution in [1.29, 1.82) is 0 Å². The lowest BCUT2D eigenvalue weighted by atomic mass is 10.1. The Kier molecular flexibility index (Phi) is 5.35. The first-order chi connectivity index (χ1) is 9.90. The van der Waals surface area contributed by atoms with Gasteiger partial charge in [-0.1, -0.05) is 0 Å². The van der Waals surface area contributed by atoms with Crippen molar-refractivity contribution in [3.05, 3.63) is 44.0 Å². The summed E-state index contributed by atoms with van der Waals surface area (Å²) in [6.07, 6.45) is 2.26. The standard InChI is InChI=1S/C12H12N2O7/c1-3-21-11-7-10(14(18)19)9(13(16)17)6-8(11)4-5-12(15)20-2/h4-7H,3H2,1-2H3/b5-4+. The summed E-state index contributed by atoms with van der Waals surface area (Å²) in [5.41, 5.74) is -1.20. The van der Waals surface area contributed by atoms with Crippen LogP contribution < -0.4 is 4.74 Å². The number of benzene rings is 1. The molecule has 0 aliphatic heterocycles. The van der Waals surface area contributed by atoms with Crippen LogP contribution in [0, 0.1) is 20.2 Å². The maximum Gasteiger partial charge on any atom is 0.349 e. The molecule has 21 heavy (non-hydrogen) atoms. The van der Waals surface area contributed by atoms with E-state index >= 15 is 0 Å². The number of nitro groups is 2. The van der Waals surface area contributed by atoms with Gasteiger partial charge in [0.15, 0.2) is 0 Å². The summed E-state index contributed by atoms with van der Waals surface area (Å²) < 4.78 is 9.60. The summed E-state index contributed by atoms with van der Waals surface area (Å²) in [5, 5.41) is 21.7. The summed E-state index contributed by atoms with van der Waals surface area (Å²) in [4.78, 5) is 31.1. The Morgan fingerprint density at radius 3 is 2.29 bits per heavy atom. The van der Waals surface area contributed by atoms with Gasteiger partial charge in [0.2, 0.25) is 0 Å². The third-order valence-electron chi connectivity index (χ3n) is 2.40. The average molecular weight is 296 g/mol. The highest BCUT2D eigenvalue weighted by Crippen LogP contribution is 2.35. The fourth-order valence-electron chi connectivity index (χ4n) is 1.50. The molecule has 0 spiro atoms. The number of esters is 1. The Morgan fingerprint density at radius 1 is 1.24 bits per heavy atom. The van der Waals surface area contributed by atoms with Crippen LogP contribution in [0.2, 0.25) is 0 Å². The van der Waals surface area contributed by atoms with E-state index in [1.54, 1.807) is 6.92 Å². The lowest BCUT2D eigenvalue weighted by Crippen LogP contribution is -2.01. The molecule has 0 unspecified atom stereocenters. The second-order valence-corrected chi connectivity index (χ2v) is 3.68. The van der Waals surface area contributed by atoms with Crippen LogP contribution in [0.4, 0.5) is 11.4 Å². The fraction of sp³-hybridized carbons (Fsp3) is 0.250. The van der Waals surface area contributed by atoms with Crippen LogP contribution in [-0.2, 0) is 9.53 Å². The van der Waals surface area contributed by atoms with Crippen molar-refractivity contribution in [3.63, 3.8) is 0 Å². The second-order valence-electron chi connectivity index (χ2n) is 3.68. The number of hydrogen-bond acceptors (Lipinski definition) is 7. The first-order valence-electron chi connectivity index (χ1n) is 5.76. The zero-order chi connectivity index (χ0) is 16.0. The molecular formula is C12H12N2O7. The molecule has 1 rings (SSSR count). The van der Waals surface area contributed by atoms with Crippen molar-refractivity contribution < 1.29 is 24.1 Å². The Labute approximate surface area is 119 Å². The highest BCUT2D eigenvalue weighted by molar-refractivity contribution is 5.88. The largest absolute Gasteiger partial charge is 0.493 e. The molecule has 0 heterocycles.